The number of aryl methyl sites for hydroxylation is 3. The normalized spacial score (nSPS) is 14.7. The summed E-state index contributed by atoms with van der Waals surface area (Å²) in [5, 5.41) is -0.531. The van der Waals surface area contributed by atoms with Crippen molar-refractivity contribution >= 4 is 15.7 Å². The van der Waals surface area contributed by atoms with Crippen molar-refractivity contribution in [2.24, 2.45) is 0 Å². The van der Waals surface area contributed by atoms with Gasteiger partial charge in [-0.05, 0) is 61.2 Å². The number of nitrogens with zero attached hydrogens (tertiary/aromatic N) is 1. The van der Waals surface area contributed by atoms with E-state index in [1.807, 2.05) is 6.07 Å². The zero-order chi connectivity index (χ0) is 19.6. The fourth-order valence-electron chi connectivity index (χ4n) is 3.16. The predicted molar refractivity (Wildman–Crippen MR) is 105 cm³/mol. The van der Waals surface area contributed by atoms with E-state index in [4.69, 9.17) is 4.74 Å². The predicted octanol–water partition coefficient (Wildman–Crippen LogP) is 2.93. The Hall–Kier alpha value is -2.34. The Morgan fingerprint density at radius 3 is 2.33 bits per heavy atom. The molecule has 2 aromatic carbocycles. The summed E-state index contributed by atoms with van der Waals surface area (Å²) >= 11 is 0. The first kappa shape index (κ1) is 19.4. The lowest BCUT2D eigenvalue weighted by molar-refractivity contribution is -0.134. The lowest BCUT2D eigenvalue weighted by Gasteiger charge is -2.38. The molecule has 3 rings (SSSR count). The summed E-state index contributed by atoms with van der Waals surface area (Å²) in [7, 11) is -1.88. The highest BCUT2D eigenvalue weighted by atomic mass is 32.2. The molecule has 1 fully saturated rings. The average molecular weight is 388 g/mol. The van der Waals surface area contributed by atoms with Crippen molar-refractivity contribution in [1.82, 2.24) is 4.90 Å². The molecule has 6 heteroatoms. The first-order valence-electron chi connectivity index (χ1n) is 9.03. The van der Waals surface area contributed by atoms with Gasteiger partial charge in [-0.3, -0.25) is 4.79 Å². The molecule has 0 atom stereocenters. The second kappa shape index (κ2) is 7.72. The van der Waals surface area contributed by atoms with Crippen molar-refractivity contribution in [3.05, 3.63) is 59.2 Å². The molecular weight excluding hydrogens is 362 g/mol. The number of likely N-dealkylation sites (tertiary alicyclic amines) is 1. The first-order chi connectivity index (χ1) is 12.8. The second-order valence-corrected chi connectivity index (χ2v) is 9.29. The van der Waals surface area contributed by atoms with Crippen LogP contribution in [0.2, 0.25) is 0 Å². The molecule has 1 aliphatic heterocycles. The lowest BCUT2D eigenvalue weighted by atomic mass is 10.0. The van der Waals surface area contributed by atoms with Gasteiger partial charge in [0, 0.05) is 19.5 Å². The van der Waals surface area contributed by atoms with Gasteiger partial charge in [-0.2, -0.15) is 0 Å². The summed E-state index contributed by atoms with van der Waals surface area (Å²) in [6.45, 7) is 4.65. The number of carbonyl (C=O) groups excluding carboxylic acids is 1. The number of hydrogen-bond donors (Lipinski definition) is 0. The number of benzene rings is 2. The van der Waals surface area contributed by atoms with E-state index in [0.717, 1.165) is 5.56 Å². The third-order valence-corrected chi connectivity index (χ3v) is 7.33. The molecule has 0 aliphatic carbocycles. The minimum Gasteiger partial charge on any atom is -0.497 e. The van der Waals surface area contributed by atoms with Crippen LogP contribution in [0.4, 0.5) is 0 Å². The van der Waals surface area contributed by atoms with Gasteiger partial charge in [-0.15, -0.1) is 0 Å². The maximum Gasteiger partial charge on any atom is 0.222 e. The van der Waals surface area contributed by atoms with E-state index in [2.05, 4.69) is 26.0 Å². The molecule has 0 saturated carbocycles. The minimum absolute atomic E-state index is 0.00871. The van der Waals surface area contributed by atoms with Crippen LogP contribution in [-0.2, 0) is 21.1 Å². The molecule has 1 heterocycles. The number of ether oxygens (including phenoxy) is 1. The summed E-state index contributed by atoms with van der Waals surface area (Å²) < 4.78 is 30.4. The summed E-state index contributed by atoms with van der Waals surface area (Å²) in [6, 6.07) is 12.6. The Morgan fingerprint density at radius 2 is 1.74 bits per heavy atom. The zero-order valence-corrected chi connectivity index (χ0v) is 16.8. The number of methoxy groups -OCH3 is 1. The van der Waals surface area contributed by atoms with Crippen LogP contribution < -0.4 is 4.74 Å². The SMILES string of the molecule is COc1ccc(S(=O)(=O)C2CN(C(=O)CCc3ccc(C)c(C)c3)C2)cc1. The van der Waals surface area contributed by atoms with Crippen LogP contribution in [0.5, 0.6) is 5.75 Å². The molecule has 27 heavy (non-hydrogen) atoms. The van der Waals surface area contributed by atoms with E-state index in [1.165, 1.54) is 18.2 Å². The van der Waals surface area contributed by atoms with Crippen molar-refractivity contribution in [2.75, 3.05) is 20.2 Å². The fourth-order valence-corrected chi connectivity index (χ4v) is 4.82. The van der Waals surface area contributed by atoms with Crippen LogP contribution in [0, 0.1) is 13.8 Å². The van der Waals surface area contributed by atoms with E-state index in [9.17, 15) is 13.2 Å². The summed E-state index contributed by atoms with van der Waals surface area (Å²) in [4.78, 5) is 14.3. The molecular formula is C21H25NO4S. The van der Waals surface area contributed by atoms with E-state index < -0.39 is 15.1 Å². The number of carbonyl (C=O) groups is 1. The Bertz CT molecular complexity index is 929. The van der Waals surface area contributed by atoms with E-state index in [1.54, 1.807) is 29.2 Å². The summed E-state index contributed by atoms with van der Waals surface area (Å²) in [6.07, 6.45) is 1.07. The van der Waals surface area contributed by atoms with Crippen LogP contribution in [-0.4, -0.2) is 44.7 Å². The molecule has 0 radical (unpaired) electrons. The van der Waals surface area contributed by atoms with Gasteiger partial charge in [0.15, 0.2) is 9.84 Å². The topological polar surface area (TPSA) is 63.7 Å². The smallest absolute Gasteiger partial charge is 0.222 e. The molecule has 5 nitrogen and oxygen atoms in total. The lowest BCUT2D eigenvalue weighted by Crippen LogP contribution is -2.56. The number of rotatable bonds is 6. The highest BCUT2D eigenvalue weighted by molar-refractivity contribution is 7.92. The average Bonchev–Trinajstić information content (AvgIpc) is 2.61. The Kier molecular flexibility index (Phi) is 5.56. The summed E-state index contributed by atoms with van der Waals surface area (Å²) in [5.74, 6) is 0.625. The molecule has 1 aliphatic rings. The molecule has 0 spiro atoms. The van der Waals surface area contributed by atoms with Crippen LogP contribution in [0.15, 0.2) is 47.4 Å². The van der Waals surface area contributed by atoms with Crippen LogP contribution >= 0.6 is 0 Å². The third kappa shape index (κ3) is 4.16. The number of amides is 1. The molecule has 2 aromatic rings. The molecule has 0 aromatic heterocycles. The molecule has 144 valence electrons. The first-order valence-corrected chi connectivity index (χ1v) is 10.6. The van der Waals surface area contributed by atoms with Crippen molar-refractivity contribution in [2.45, 2.75) is 36.8 Å². The Labute approximate surface area is 160 Å². The van der Waals surface area contributed by atoms with Crippen molar-refractivity contribution in [1.29, 1.82) is 0 Å². The van der Waals surface area contributed by atoms with E-state index in [-0.39, 0.29) is 23.9 Å². The van der Waals surface area contributed by atoms with Crippen LogP contribution in [0.25, 0.3) is 0 Å². The molecule has 0 N–H and O–H groups in total. The molecule has 1 saturated heterocycles. The van der Waals surface area contributed by atoms with Crippen LogP contribution in [0.1, 0.15) is 23.1 Å². The van der Waals surface area contributed by atoms with Gasteiger partial charge in [0.05, 0.1) is 12.0 Å². The Morgan fingerprint density at radius 1 is 1.07 bits per heavy atom. The molecule has 1 amide bonds. The van der Waals surface area contributed by atoms with Gasteiger partial charge in [0.2, 0.25) is 5.91 Å². The van der Waals surface area contributed by atoms with Gasteiger partial charge in [-0.25, -0.2) is 8.42 Å². The zero-order valence-electron chi connectivity index (χ0n) is 15.9. The van der Waals surface area contributed by atoms with Crippen molar-refractivity contribution < 1.29 is 17.9 Å². The van der Waals surface area contributed by atoms with Gasteiger partial charge in [-0.1, -0.05) is 18.2 Å². The van der Waals surface area contributed by atoms with E-state index >= 15 is 0 Å². The highest BCUT2D eigenvalue weighted by Crippen LogP contribution is 2.26. The highest BCUT2D eigenvalue weighted by Gasteiger charge is 2.40. The monoisotopic (exact) mass is 387 g/mol. The maximum absolute atomic E-state index is 12.7. The third-order valence-electron chi connectivity index (χ3n) is 5.23. The minimum atomic E-state index is -3.42. The number of hydrogen-bond acceptors (Lipinski definition) is 4. The standard InChI is InChI=1S/C21H25NO4S/c1-15-4-5-17(12-16(15)2)6-11-21(23)22-13-20(14-22)27(24,25)19-9-7-18(26-3)8-10-19/h4-5,7-10,12,20H,6,11,13-14H2,1-3H3. The van der Waals surface area contributed by atoms with Gasteiger partial charge in [0.25, 0.3) is 0 Å². The van der Waals surface area contributed by atoms with Gasteiger partial charge < -0.3 is 9.64 Å². The van der Waals surface area contributed by atoms with Gasteiger partial charge in [0.1, 0.15) is 11.0 Å². The van der Waals surface area contributed by atoms with Gasteiger partial charge >= 0.3 is 0 Å². The fraction of sp³-hybridized carbons (Fsp3) is 0.381. The van der Waals surface area contributed by atoms with E-state index in [0.29, 0.717) is 18.6 Å². The number of sulfone groups is 1. The molecule has 0 bridgehead atoms. The summed E-state index contributed by atoms with van der Waals surface area (Å²) in [5.41, 5.74) is 3.59. The Balaban J connectivity index is 1.54. The largest absolute Gasteiger partial charge is 0.497 e. The maximum atomic E-state index is 12.7. The molecule has 0 unspecified atom stereocenters. The van der Waals surface area contributed by atoms with Crippen molar-refractivity contribution in [3.63, 3.8) is 0 Å². The quantitative estimate of drug-likeness (QED) is 0.765. The van der Waals surface area contributed by atoms with Crippen molar-refractivity contribution in [3.8, 4) is 5.75 Å². The second-order valence-electron chi connectivity index (χ2n) is 7.06. The van der Waals surface area contributed by atoms with Crippen LogP contribution in [0.3, 0.4) is 0 Å².